The van der Waals surface area contributed by atoms with Crippen molar-refractivity contribution in [3.8, 4) is 11.6 Å². The number of non-ortho nitro benzene ring substituents is 1. The molecule has 0 radical (unpaired) electrons. The molecule has 0 saturated carbocycles. The van der Waals surface area contributed by atoms with Crippen LogP contribution in [-0.4, -0.2) is 24.9 Å². The molecule has 0 fully saturated rings. The normalized spacial score (nSPS) is 10.7. The van der Waals surface area contributed by atoms with Gasteiger partial charge in [-0.1, -0.05) is 0 Å². The van der Waals surface area contributed by atoms with E-state index in [9.17, 15) is 10.1 Å². The molecular formula is C11H7N5O2. The van der Waals surface area contributed by atoms with Crippen molar-refractivity contribution in [1.82, 2.24) is 19.9 Å². The van der Waals surface area contributed by atoms with Gasteiger partial charge in [0, 0.05) is 24.5 Å². The monoisotopic (exact) mass is 241 g/mol. The molecule has 1 N–H and O–H groups in total. The van der Waals surface area contributed by atoms with Crippen LogP contribution in [0.15, 0.2) is 36.7 Å². The first-order chi connectivity index (χ1) is 8.74. The molecule has 2 aromatic heterocycles. The summed E-state index contributed by atoms with van der Waals surface area (Å²) in [5.74, 6) is 0.947. The van der Waals surface area contributed by atoms with Crippen molar-refractivity contribution in [3.05, 3.63) is 46.8 Å². The molecule has 0 aliphatic carbocycles. The zero-order valence-electron chi connectivity index (χ0n) is 9.07. The van der Waals surface area contributed by atoms with E-state index in [1.54, 1.807) is 24.5 Å². The molecule has 7 nitrogen and oxygen atoms in total. The van der Waals surface area contributed by atoms with Crippen molar-refractivity contribution in [2.75, 3.05) is 0 Å². The van der Waals surface area contributed by atoms with Gasteiger partial charge in [0.15, 0.2) is 11.6 Å². The number of aromatic amines is 1. The van der Waals surface area contributed by atoms with Crippen LogP contribution in [0, 0.1) is 10.1 Å². The van der Waals surface area contributed by atoms with Crippen LogP contribution < -0.4 is 0 Å². The summed E-state index contributed by atoms with van der Waals surface area (Å²) in [6.45, 7) is 0. The second-order valence-corrected chi connectivity index (χ2v) is 3.62. The standard InChI is InChI=1S/C11H7N5O2/c17-16(18)7-2-3-8-9(6-7)15-11(14-8)10-12-4-1-5-13-10/h1-6H,(H,14,15). The highest BCUT2D eigenvalue weighted by atomic mass is 16.6. The predicted octanol–water partition coefficient (Wildman–Crippen LogP) is 1.93. The van der Waals surface area contributed by atoms with Crippen LogP contribution in [0.3, 0.4) is 0 Å². The van der Waals surface area contributed by atoms with E-state index in [4.69, 9.17) is 0 Å². The van der Waals surface area contributed by atoms with E-state index in [1.165, 1.54) is 12.1 Å². The van der Waals surface area contributed by atoms with Gasteiger partial charge >= 0.3 is 0 Å². The molecule has 1 aromatic carbocycles. The molecule has 3 aromatic rings. The van der Waals surface area contributed by atoms with Crippen LogP contribution in [0.25, 0.3) is 22.7 Å². The number of nitro benzene ring substituents is 1. The molecule has 18 heavy (non-hydrogen) atoms. The maximum Gasteiger partial charge on any atom is 0.271 e. The molecular weight excluding hydrogens is 234 g/mol. The fourth-order valence-electron chi connectivity index (χ4n) is 1.64. The first-order valence-electron chi connectivity index (χ1n) is 5.15. The average Bonchev–Trinajstić information content (AvgIpc) is 2.82. The summed E-state index contributed by atoms with van der Waals surface area (Å²) >= 11 is 0. The molecule has 0 aliphatic heterocycles. The lowest BCUT2D eigenvalue weighted by Crippen LogP contribution is -1.88. The van der Waals surface area contributed by atoms with Crippen LogP contribution in [-0.2, 0) is 0 Å². The summed E-state index contributed by atoms with van der Waals surface area (Å²) in [4.78, 5) is 25.6. The van der Waals surface area contributed by atoms with Gasteiger partial charge in [0.1, 0.15) is 0 Å². The Hall–Kier alpha value is -2.83. The molecule has 0 saturated heterocycles. The minimum absolute atomic E-state index is 0.0201. The Morgan fingerprint density at radius 2 is 2.00 bits per heavy atom. The van der Waals surface area contributed by atoms with Gasteiger partial charge in [-0.3, -0.25) is 10.1 Å². The number of rotatable bonds is 2. The third-order valence-electron chi connectivity index (χ3n) is 2.45. The van der Waals surface area contributed by atoms with E-state index in [0.717, 1.165) is 0 Å². The largest absolute Gasteiger partial charge is 0.335 e. The smallest absolute Gasteiger partial charge is 0.271 e. The van der Waals surface area contributed by atoms with Crippen LogP contribution >= 0.6 is 0 Å². The van der Waals surface area contributed by atoms with Gasteiger partial charge in [0.25, 0.3) is 5.69 Å². The van der Waals surface area contributed by atoms with E-state index >= 15 is 0 Å². The van der Waals surface area contributed by atoms with Gasteiger partial charge in [0.2, 0.25) is 0 Å². The first kappa shape index (κ1) is 10.3. The van der Waals surface area contributed by atoms with Crippen molar-refractivity contribution in [2.45, 2.75) is 0 Å². The summed E-state index contributed by atoms with van der Waals surface area (Å²) in [5, 5.41) is 10.7. The van der Waals surface area contributed by atoms with Crippen LogP contribution in [0.2, 0.25) is 0 Å². The number of aromatic nitrogens is 4. The minimum atomic E-state index is -0.445. The summed E-state index contributed by atoms with van der Waals surface area (Å²) in [7, 11) is 0. The van der Waals surface area contributed by atoms with Crippen molar-refractivity contribution < 1.29 is 4.92 Å². The SMILES string of the molecule is O=[N+]([O-])c1ccc2nc(-c3ncccn3)[nH]c2c1. The fraction of sp³-hybridized carbons (Fsp3) is 0. The molecule has 7 heteroatoms. The lowest BCUT2D eigenvalue weighted by Gasteiger charge is -1.91. The van der Waals surface area contributed by atoms with Crippen LogP contribution in [0.1, 0.15) is 0 Å². The van der Waals surface area contributed by atoms with Gasteiger partial charge in [0.05, 0.1) is 16.0 Å². The van der Waals surface area contributed by atoms with E-state index in [-0.39, 0.29) is 5.69 Å². The van der Waals surface area contributed by atoms with Crippen molar-refractivity contribution in [2.24, 2.45) is 0 Å². The van der Waals surface area contributed by atoms with E-state index in [0.29, 0.717) is 22.7 Å². The highest BCUT2D eigenvalue weighted by Gasteiger charge is 2.11. The lowest BCUT2D eigenvalue weighted by atomic mass is 10.3. The highest BCUT2D eigenvalue weighted by Crippen LogP contribution is 2.21. The number of imidazole rings is 1. The highest BCUT2D eigenvalue weighted by molar-refractivity contribution is 5.80. The predicted molar refractivity (Wildman–Crippen MR) is 63.8 cm³/mol. The number of hydrogen-bond acceptors (Lipinski definition) is 5. The second kappa shape index (κ2) is 3.88. The minimum Gasteiger partial charge on any atom is -0.335 e. The molecule has 0 amide bonds. The number of nitrogens with one attached hydrogen (secondary N) is 1. The average molecular weight is 241 g/mol. The van der Waals surface area contributed by atoms with Crippen molar-refractivity contribution in [3.63, 3.8) is 0 Å². The second-order valence-electron chi connectivity index (χ2n) is 3.62. The van der Waals surface area contributed by atoms with Crippen LogP contribution in [0.4, 0.5) is 5.69 Å². The van der Waals surface area contributed by atoms with E-state index in [1.807, 2.05) is 0 Å². The van der Waals surface area contributed by atoms with E-state index in [2.05, 4.69) is 19.9 Å². The number of nitro groups is 1. The van der Waals surface area contributed by atoms with E-state index < -0.39 is 4.92 Å². The summed E-state index contributed by atoms with van der Waals surface area (Å²) in [6.07, 6.45) is 3.22. The summed E-state index contributed by atoms with van der Waals surface area (Å²) in [5.41, 5.74) is 1.25. The van der Waals surface area contributed by atoms with Crippen LogP contribution in [0.5, 0.6) is 0 Å². The Labute approximate surface area is 101 Å². The Morgan fingerprint density at radius 3 is 2.72 bits per heavy atom. The molecule has 3 rings (SSSR count). The number of H-pyrrole nitrogens is 1. The van der Waals surface area contributed by atoms with Gasteiger partial charge in [-0.2, -0.15) is 0 Å². The number of nitrogens with zero attached hydrogens (tertiary/aromatic N) is 4. The van der Waals surface area contributed by atoms with Gasteiger partial charge in [-0.25, -0.2) is 15.0 Å². The Kier molecular flexibility index (Phi) is 2.23. The zero-order chi connectivity index (χ0) is 12.5. The van der Waals surface area contributed by atoms with Crippen molar-refractivity contribution in [1.29, 1.82) is 0 Å². The maximum absolute atomic E-state index is 10.7. The number of hydrogen-bond donors (Lipinski definition) is 1. The zero-order valence-corrected chi connectivity index (χ0v) is 9.07. The Balaban J connectivity index is 2.14. The molecule has 88 valence electrons. The quantitative estimate of drug-likeness (QED) is 0.546. The molecule has 0 aliphatic rings. The van der Waals surface area contributed by atoms with Gasteiger partial charge < -0.3 is 4.98 Å². The first-order valence-corrected chi connectivity index (χ1v) is 5.15. The Morgan fingerprint density at radius 1 is 1.22 bits per heavy atom. The third-order valence-corrected chi connectivity index (χ3v) is 2.45. The number of fused-ring (bicyclic) bond motifs is 1. The summed E-state index contributed by atoms with van der Waals surface area (Å²) in [6, 6.07) is 6.15. The molecule has 0 unspecified atom stereocenters. The topological polar surface area (TPSA) is 97.6 Å². The summed E-state index contributed by atoms with van der Waals surface area (Å²) < 4.78 is 0. The Bertz CT molecular complexity index is 723. The molecule has 0 bridgehead atoms. The molecule has 0 spiro atoms. The fourth-order valence-corrected chi connectivity index (χ4v) is 1.64. The third kappa shape index (κ3) is 1.67. The van der Waals surface area contributed by atoms with Crippen molar-refractivity contribution >= 4 is 16.7 Å². The molecule has 2 heterocycles. The number of benzene rings is 1. The lowest BCUT2D eigenvalue weighted by molar-refractivity contribution is -0.384. The van der Waals surface area contributed by atoms with Gasteiger partial charge in [-0.15, -0.1) is 0 Å². The van der Waals surface area contributed by atoms with Gasteiger partial charge in [-0.05, 0) is 12.1 Å². The maximum atomic E-state index is 10.7. The molecule has 0 atom stereocenters.